The molecule has 2 aromatic carbocycles. The number of carbonyl (C=O) groups excluding carboxylic acids is 1. The van der Waals surface area contributed by atoms with Gasteiger partial charge in [0, 0.05) is 24.5 Å². The van der Waals surface area contributed by atoms with Crippen molar-refractivity contribution in [2.45, 2.75) is 13.8 Å². The van der Waals surface area contributed by atoms with Crippen molar-refractivity contribution in [3.05, 3.63) is 77.7 Å². The Morgan fingerprint density at radius 1 is 1.00 bits per heavy atom. The lowest BCUT2D eigenvalue weighted by molar-refractivity contribution is 0.102. The molecule has 0 saturated carbocycles. The van der Waals surface area contributed by atoms with E-state index in [2.05, 4.69) is 15.3 Å². The van der Waals surface area contributed by atoms with Crippen molar-refractivity contribution >= 4 is 23.1 Å². The number of para-hydroxylation sites is 1. The molecule has 1 aromatic heterocycles. The largest absolute Gasteiger partial charge is 0.329 e. The molecule has 0 aliphatic heterocycles. The van der Waals surface area contributed by atoms with Crippen molar-refractivity contribution in [2.75, 3.05) is 17.3 Å². The number of benzene rings is 2. The van der Waals surface area contributed by atoms with Crippen molar-refractivity contribution < 1.29 is 4.79 Å². The smallest absolute Gasteiger partial charge is 0.274 e. The molecule has 0 atom stereocenters. The molecule has 0 aliphatic carbocycles. The molecule has 1 N–H and O–H groups in total. The van der Waals surface area contributed by atoms with Crippen LogP contribution < -0.4 is 10.2 Å². The van der Waals surface area contributed by atoms with Crippen LogP contribution >= 0.6 is 0 Å². The molecule has 0 radical (unpaired) electrons. The second kappa shape index (κ2) is 7.13. The van der Waals surface area contributed by atoms with Crippen LogP contribution in [-0.2, 0) is 0 Å². The van der Waals surface area contributed by atoms with Gasteiger partial charge < -0.3 is 10.2 Å². The molecule has 0 unspecified atom stereocenters. The van der Waals surface area contributed by atoms with E-state index >= 15 is 0 Å². The summed E-state index contributed by atoms with van der Waals surface area (Å²) in [5.74, 6) is 0.408. The van der Waals surface area contributed by atoms with Crippen LogP contribution in [0.2, 0.25) is 0 Å². The number of anilines is 3. The van der Waals surface area contributed by atoms with Crippen LogP contribution in [0.4, 0.5) is 17.2 Å². The molecule has 0 saturated heterocycles. The van der Waals surface area contributed by atoms with Gasteiger partial charge in [-0.25, -0.2) is 9.97 Å². The summed E-state index contributed by atoms with van der Waals surface area (Å²) in [4.78, 5) is 22.9. The highest BCUT2D eigenvalue weighted by atomic mass is 16.1. The van der Waals surface area contributed by atoms with Gasteiger partial charge in [0.2, 0.25) is 0 Å². The summed E-state index contributed by atoms with van der Waals surface area (Å²) in [5.41, 5.74) is 4.21. The monoisotopic (exact) mass is 332 g/mol. The van der Waals surface area contributed by atoms with E-state index in [1.54, 1.807) is 6.07 Å². The average Bonchev–Trinajstić information content (AvgIpc) is 2.65. The number of carbonyl (C=O) groups is 1. The first-order valence-corrected chi connectivity index (χ1v) is 8.04. The number of aryl methyl sites for hydroxylation is 2. The quantitative estimate of drug-likeness (QED) is 0.781. The third-order valence-electron chi connectivity index (χ3n) is 4.01. The summed E-state index contributed by atoms with van der Waals surface area (Å²) in [7, 11) is 1.91. The molecule has 5 nitrogen and oxygen atoms in total. The SMILES string of the molecule is Cc1ccc(C)c(NC(=O)c2cc(N(C)c3ccccc3)ncn2)c1. The van der Waals surface area contributed by atoms with E-state index in [9.17, 15) is 4.79 Å². The van der Waals surface area contributed by atoms with Gasteiger partial charge in [-0.3, -0.25) is 4.79 Å². The number of aromatic nitrogens is 2. The van der Waals surface area contributed by atoms with Gasteiger partial charge >= 0.3 is 0 Å². The Hall–Kier alpha value is -3.21. The van der Waals surface area contributed by atoms with Crippen molar-refractivity contribution in [3.8, 4) is 0 Å². The Balaban J connectivity index is 1.83. The molecule has 0 aliphatic rings. The van der Waals surface area contributed by atoms with Gasteiger partial charge in [-0.2, -0.15) is 0 Å². The second-order valence-electron chi connectivity index (χ2n) is 5.93. The summed E-state index contributed by atoms with van der Waals surface area (Å²) in [5, 5.41) is 2.93. The van der Waals surface area contributed by atoms with Crippen LogP contribution in [0.15, 0.2) is 60.9 Å². The standard InChI is InChI=1S/C20H20N4O/c1-14-9-10-15(2)17(11-14)23-20(25)18-12-19(22-13-21-18)24(3)16-7-5-4-6-8-16/h4-13H,1-3H3,(H,23,25). The third-order valence-corrected chi connectivity index (χ3v) is 4.01. The fraction of sp³-hybridized carbons (Fsp3) is 0.150. The number of rotatable bonds is 4. The maximum atomic E-state index is 12.6. The summed E-state index contributed by atoms with van der Waals surface area (Å²) in [6.45, 7) is 3.95. The molecule has 5 heteroatoms. The molecule has 1 heterocycles. The van der Waals surface area contributed by atoms with Gasteiger partial charge in [0.05, 0.1) is 0 Å². The number of amides is 1. The molecule has 0 bridgehead atoms. The lowest BCUT2D eigenvalue weighted by atomic mass is 10.1. The Morgan fingerprint density at radius 2 is 1.76 bits per heavy atom. The zero-order valence-electron chi connectivity index (χ0n) is 14.5. The molecule has 1 amide bonds. The Labute approximate surface area is 147 Å². The van der Waals surface area contributed by atoms with E-state index in [0.717, 1.165) is 22.5 Å². The third kappa shape index (κ3) is 3.83. The lowest BCUT2D eigenvalue weighted by Crippen LogP contribution is -2.17. The van der Waals surface area contributed by atoms with Gasteiger partial charge in [0.15, 0.2) is 0 Å². The van der Waals surface area contributed by atoms with Crippen LogP contribution in [0, 0.1) is 13.8 Å². The molecular formula is C20H20N4O. The van der Waals surface area contributed by atoms with E-state index in [-0.39, 0.29) is 5.91 Å². The minimum Gasteiger partial charge on any atom is -0.329 e. The van der Waals surface area contributed by atoms with Crippen LogP contribution in [0.25, 0.3) is 0 Å². The number of hydrogen-bond acceptors (Lipinski definition) is 4. The first-order chi connectivity index (χ1) is 12.0. The fourth-order valence-corrected chi connectivity index (χ4v) is 2.50. The van der Waals surface area contributed by atoms with Crippen molar-refractivity contribution in [1.29, 1.82) is 0 Å². The lowest BCUT2D eigenvalue weighted by Gasteiger charge is -2.18. The van der Waals surface area contributed by atoms with Gasteiger partial charge in [-0.15, -0.1) is 0 Å². The van der Waals surface area contributed by atoms with E-state index < -0.39 is 0 Å². The van der Waals surface area contributed by atoms with Gasteiger partial charge in [-0.1, -0.05) is 30.3 Å². The number of nitrogens with zero attached hydrogens (tertiary/aromatic N) is 3. The van der Waals surface area contributed by atoms with Crippen LogP contribution in [-0.4, -0.2) is 22.9 Å². The Morgan fingerprint density at radius 3 is 2.52 bits per heavy atom. The maximum absolute atomic E-state index is 12.6. The predicted octanol–water partition coefficient (Wildman–Crippen LogP) is 4.11. The van der Waals surface area contributed by atoms with Crippen LogP contribution in [0.1, 0.15) is 21.6 Å². The average molecular weight is 332 g/mol. The minimum atomic E-state index is -0.251. The van der Waals surface area contributed by atoms with Crippen molar-refractivity contribution in [2.24, 2.45) is 0 Å². The zero-order chi connectivity index (χ0) is 17.8. The first-order valence-electron chi connectivity index (χ1n) is 8.04. The maximum Gasteiger partial charge on any atom is 0.274 e. The van der Waals surface area contributed by atoms with Gasteiger partial charge in [0.25, 0.3) is 5.91 Å². The van der Waals surface area contributed by atoms with Crippen molar-refractivity contribution in [3.63, 3.8) is 0 Å². The highest BCUT2D eigenvalue weighted by Crippen LogP contribution is 2.22. The summed E-state index contributed by atoms with van der Waals surface area (Å²) in [6, 6.07) is 17.5. The molecule has 0 spiro atoms. The van der Waals surface area contributed by atoms with E-state index in [0.29, 0.717) is 11.5 Å². The Bertz CT molecular complexity index is 893. The van der Waals surface area contributed by atoms with Crippen molar-refractivity contribution in [1.82, 2.24) is 9.97 Å². The molecular weight excluding hydrogens is 312 g/mol. The summed E-state index contributed by atoms with van der Waals surface area (Å²) in [6.07, 6.45) is 1.41. The fourth-order valence-electron chi connectivity index (χ4n) is 2.50. The summed E-state index contributed by atoms with van der Waals surface area (Å²) < 4.78 is 0. The van der Waals surface area contributed by atoms with E-state index in [1.807, 2.05) is 74.3 Å². The highest BCUT2D eigenvalue weighted by molar-refractivity contribution is 6.03. The molecule has 3 aromatic rings. The molecule has 25 heavy (non-hydrogen) atoms. The summed E-state index contributed by atoms with van der Waals surface area (Å²) >= 11 is 0. The molecule has 126 valence electrons. The molecule has 0 fully saturated rings. The van der Waals surface area contributed by atoms with Gasteiger partial charge in [0.1, 0.15) is 17.8 Å². The van der Waals surface area contributed by atoms with E-state index in [4.69, 9.17) is 0 Å². The van der Waals surface area contributed by atoms with Crippen LogP contribution in [0.5, 0.6) is 0 Å². The number of hydrogen-bond donors (Lipinski definition) is 1. The van der Waals surface area contributed by atoms with Gasteiger partial charge in [-0.05, 0) is 43.2 Å². The highest BCUT2D eigenvalue weighted by Gasteiger charge is 2.13. The molecule has 3 rings (SSSR count). The Kier molecular flexibility index (Phi) is 4.75. The number of nitrogens with one attached hydrogen (secondary N) is 1. The normalized spacial score (nSPS) is 10.4. The first kappa shape index (κ1) is 16.6. The van der Waals surface area contributed by atoms with Crippen LogP contribution in [0.3, 0.4) is 0 Å². The predicted molar refractivity (Wildman–Crippen MR) is 100 cm³/mol. The zero-order valence-corrected chi connectivity index (χ0v) is 14.5. The topological polar surface area (TPSA) is 58.1 Å². The second-order valence-corrected chi connectivity index (χ2v) is 5.93. The van der Waals surface area contributed by atoms with E-state index in [1.165, 1.54) is 6.33 Å². The minimum absolute atomic E-state index is 0.251.